The summed E-state index contributed by atoms with van der Waals surface area (Å²) in [4.78, 5) is 8.47. The minimum Gasteiger partial charge on any atom is -0.437 e. The maximum absolute atomic E-state index is 6.13. The molecule has 0 atom stereocenters. The predicted octanol–water partition coefficient (Wildman–Crippen LogP) is 4.87. The predicted molar refractivity (Wildman–Crippen MR) is 86.4 cm³/mol. The van der Waals surface area contributed by atoms with Crippen LogP contribution in [0.25, 0.3) is 0 Å². The Morgan fingerprint density at radius 1 is 1.29 bits per heavy atom. The molecule has 0 unspecified atom stereocenters. The number of rotatable bonds is 6. The molecule has 4 nitrogen and oxygen atoms in total. The molecule has 1 aromatic heterocycles. The van der Waals surface area contributed by atoms with Crippen molar-refractivity contribution in [1.82, 2.24) is 9.97 Å². The molecule has 0 radical (unpaired) electrons. The molecule has 0 bridgehead atoms. The lowest BCUT2D eigenvalue weighted by Crippen LogP contribution is -2.05. The molecule has 5 heteroatoms. The Balaban J connectivity index is 2.26. The first-order valence-corrected chi connectivity index (χ1v) is 7.52. The highest BCUT2D eigenvalue weighted by Gasteiger charge is 2.12. The van der Waals surface area contributed by atoms with E-state index in [1.807, 2.05) is 24.3 Å². The summed E-state index contributed by atoms with van der Waals surface area (Å²) in [5.74, 6) is 2.03. The van der Waals surface area contributed by atoms with Crippen molar-refractivity contribution < 1.29 is 4.74 Å². The van der Waals surface area contributed by atoms with Crippen LogP contribution in [0.4, 0.5) is 5.95 Å². The standard InChI is InChI=1S/C16H20ClN3O/c1-4-9-18-16-19-10-13(17)15(20-16)21-14-8-6-5-7-12(14)11(2)3/h5-8,10-11H,4,9H2,1-3H3,(H,18,19,20). The molecular formula is C16H20ClN3O. The molecule has 0 aliphatic heterocycles. The highest BCUT2D eigenvalue weighted by Crippen LogP contribution is 2.32. The fourth-order valence-corrected chi connectivity index (χ4v) is 2.03. The Hall–Kier alpha value is -1.81. The zero-order valence-electron chi connectivity index (χ0n) is 12.6. The van der Waals surface area contributed by atoms with Crippen molar-refractivity contribution in [3.8, 4) is 11.6 Å². The van der Waals surface area contributed by atoms with Crippen molar-refractivity contribution in [2.45, 2.75) is 33.1 Å². The Morgan fingerprint density at radius 2 is 2.05 bits per heavy atom. The summed E-state index contributed by atoms with van der Waals surface area (Å²) < 4.78 is 5.90. The van der Waals surface area contributed by atoms with Gasteiger partial charge in [-0.3, -0.25) is 0 Å². The third-order valence-electron chi connectivity index (χ3n) is 2.99. The second kappa shape index (κ2) is 7.27. The van der Waals surface area contributed by atoms with Crippen molar-refractivity contribution in [2.75, 3.05) is 11.9 Å². The summed E-state index contributed by atoms with van der Waals surface area (Å²) in [6.07, 6.45) is 2.55. The molecule has 0 saturated carbocycles. The van der Waals surface area contributed by atoms with E-state index in [9.17, 15) is 0 Å². The molecular weight excluding hydrogens is 286 g/mol. The quantitative estimate of drug-likeness (QED) is 0.827. The van der Waals surface area contributed by atoms with Crippen LogP contribution in [-0.2, 0) is 0 Å². The number of nitrogens with zero attached hydrogens (tertiary/aromatic N) is 2. The molecule has 2 rings (SSSR count). The molecule has 0 amide bonds. The lowest BCUT2D eigenvalue weighted by molar-refractivity contribution is 0.454. The number of anilines is 1. The largest absolute Gasteiger partial charge is 0.437 e. The Kier molecular flexibility index (Phi) is 5.39. The Morgan fingerprint density at radius 3 is 2.76 bits per heavy atom. The second-order valence-corrected chi connectivity index (χ2v) is 5.48. The summed E-state index contributed by atoms with van der Waals surface area (Å²) in [6.45, 7) is 7.14. The minimum atomic E-state index is 0.361. The molecule has 1 N–H and O–H groups in total. The summed E-state index contributed by atoms with van der Waals surface area (Å²) in [5.41, 5.74) is 1.12. The number of hydrogen-bond donors (Lipinski definition) is 1. The fourth-order valence-electron chi connectivity index (χ4n) is 1.90. The smallest absolute Gasteiger partial charge is 0.243 e. The number of halogens is 1. The van der Waals surface area contributed by atoms with Crippen LogP contribution in [-0.4, -0.2) is 16.5 Å². The van der Waals surface area contributed by atoms with Crippen molar-refractivity contribution in [2.24, 2.45) is 0 Å². The van der Waals surface area contributed by atoms with E-state index >= 15 is 0 Å². The van der Waals surface area contributed by atoms with Crippen LogP contribution >= 0.6 is 11.6 Å². The van der Waals surface area contributed by atoms with Crippen LogP contribution in [0, 0.1) is 0 Å². The van der Waals surface area contributed by atoms with Crippen molar-refractivity contribution in [3.63, 3.8) is 0 Å². The minimum absolute atomic E-state index is 0.361. The average molecular weight is 306 g/mol. The SMILES string of the molecule is CCCNc1ncc(Cl)c(Oc2ccccc2C(C)C)n1. The zero-order chi connectivity index (χ0) is 15.2. The summed E-state index contributed by atoms with van der Waals surface area (Å²) in [5, 5.41) is 3.52. The molecule has 21 heavy (non-hydrogen) atoms. The zero-order valence-corrected chi connectivity index (χ0v) is 13.3. The van der Waals surface area contributed by atoms with Gasteiger partial charge in [0.15, 0.2) is 0 Å². The van der Waals surface area contributed by atoms with Gasteiger partial charge >= 0.3 is 0 Å². The number of ether oxygens (including phenoxy) is 1. The Bertz CT molecular complexity index is 602. The van der Waals surface area contributed by atoms with Gasteiger partial charge in [0.05, 0.1) is 6.20 Å². The Labute approximate surface area is 130 Å². The van der Waals surface area contributed by atoms with Gasteiger partial charge in [-0.05, 0) is 24.0 Å². The first-order valence-electron chi connectivity index (χ1n) is 7.15. The molecule has 0 saturated heterocycles. The van der Waals surface area contributed by atoms with E-state index in [2.05, 4.69) is 36.1 Å². The van der Waals surface area contributed by atoms with Gasteiger partial charge in [0.25, 0.3) is 0 Å². The molecule has 0 aliphatic rings. The third-order valence-corrected chi connectivity index (χ3v) is 3.25. The van der Waals surface area contributed by atoms with E-state index in [4.69, 9.17) is 16.3 Å². The summed E-state index contributed by atoms with van der Waals surface area (Å²) >= 11 is 6.13. The van der Waals surface area contributed by atoms with Gasteiger partial charge in [0.1, 0.15) is 10.8 Å². The van der Waals surface area contributed by atoms with Gasteiger partial charge in [-0.1, -0.05) is 50.6 Å². The number of benzene rings is 1. The van der Waals surface area contributed by atoms with Crippen LogP contribution < -0.4 is 10.1 Å². The van der Waals surface area contributed by atoms with E-state index < -0.39 is 0 Å². The number of hydrogen-bond acceptors (Lipinski definition) is 4. The van der Waals surface area contributed by atoms with Crippen LogP contribution in [0.5, 0.6) is 11.6 Å². The van der Waals surface area contributed by atoms with Gasteiger partial charge in [-0.2, -0.15) is 4.98 Å². The molecule has 0 spiro atoms. The van der Waals surface area contributed by atoms with Gasteiger partial charge in [0, 0.05) is 6.54 Å². The third kappa shape index (κ3) is 4.08. The van der Waals surface area contributed by atoms with E-state index in [-0.39, 0.29) is 0 Å². The van der Waals surface area contributed by atoms with Crippen LogP contribution in [0.3, 0.4) is 0 Å². The number of aromatic nitrogens is 2. The fraction of sp³-hybridized carbons (Fsp3) is 0.375. The molecule has 112 valence electrons. The van der Waals surface area contributed by atoms with Crippen LogP contribution in [0.2, 0.25) is 5.02 Å². The molecule has 1 aromatic carbocycles. The first-order chi connectivity index (χ1) is 10.1. The normalized spacial score (nSPS) is 10.7. The molecule has 2 aromatic rings. The number of para-hydroxylation sites is 1. The van der Waals surface area contributed by atoms with Gasteiger partial charge in [-0.25, -0.2) is 4.98 Å². The van der Waals surface area contributed by atoms with Crippen LogP contribution in [0.15, 0.2) is 30.5 Å². The van der Waals surface area contributed by atoms with E-state index in [0.717, 1.165) is 24.3 Å². The first kappa shape index (κ1) is 15.6. The second-order valence-electron chi connectivity index (χ2n) is 5.07. The van der Waals surface area contributed by atoms with Crippen molar-refractivity contribution >= 4 is 17.5 Å². The molecule has 0 aliphatic carbocycles. The van der Waals surface area contributed by atoms with E-state index in [1.54, 1.807) is 6.20 Å². The molecule has 1 heterocycles. The van der Waals surface area contributed by atoms with Crippen molar-refractivity contribution in [1.29, 1.82) is 0 Å². The lowest BCUT2D eigenvalue weighted by Gasteiger charge is -2.14. The van der Waals surface area contributed by atoms with Gasteiger partial charge < -0.3 is 10.1 Å². The number of nitrogens with one attached hydrogen (secondary N) is 1. The highest BCUT2D eigenvalue weighted by molar-refractivity contribution is 6.31. The van der Waals surface area contributed by atoms with E-state index in [1.165, 1.54) is 0 Å². The van der Waals surface area contributed by atoms with E-state index in [0.29, 0.717) is 22.8 Å². The summed E-state index contributed by atoms with van der Waals surface area (Å²) in [6, 6.07) is 7.91. The topological polar surface area (TPSA) is 47.0 Å². The average Bonchev–Trinajstić information content (AvgIpc) is 2.48. The lowest BCUT2D eigenvalue weighted by atomic mass is 10.0. The summed E-state index contributed by atoms with van der Waals surface area (Å²) in [7, 11) is 0. The van der Waals surface area contributed by atoms with Crippen molar-refractivity contribution in [3.05, 3.63) is 41.0 Å². The molecule has 0 fully saturated rings. The maximum Gasteiger partial charge on any atom is 0.243 e. The maximum atomic E-state index is 6.13. The van der Waals surface area contributed by atoms with Gasteiger partial charge in [0.2, 0.25) is 11.8 Å². The van der Waals surface area contributed by atoms with Gasteiger partial charge in [-0.15, -0.1) is 0 Å². The highest BCUT2D eigenvalue weighted by atomic mass is 35.5. The van der Waals surface area contributed by atoms with Crippen LogP contribution in [0.1, 0.15) is 38.7 Å². The monoisotopic (exact) mass is 305 g/mol.